The third-order valence-electron chi connectivity index (χ3n) is 6.18. The van der Waals surface area contributed by atoms with Gasteiger partial charge in [-0.1, -0.05) is 24.3 Å². The van der Waals surface area contributed by atoms with Crippen molar-refractivity contribution in [3.63, 3.8) is 0 Å². The van der Waals surface area contributed by atoms with Gasteiger partial charge in [0.1, 0.15) is 6.04 Å². The van der Waals surface area contributed by atoms with E-state index in [0.29, 0.717) is 24.8 Å². The highest BCUT2D eigenvalue weighted by Gasteiger charge is 2.28. The molecule has 0 saturated carbocycles. The quantitative estimate of drug-likeness (QED) is 0.741. The number of rotatable bonds is 6. The Kier molecular flexibility index (Phi) is 6.22. The van der Waals surface area contributed by atoms with Crippen LogP contribution in [0.5, 0.6) is 0 Å². The summed E-state index contributed by atoms with van der Waals surface area (Å²) >= 11 is 0. The zero-order valence-electron chi connectivity index (χ0n) is 17.4. The summed E-state index contributed by atoms with van der Waals surface area (Å²) in [5.74, 6) is -0.0757. The molecule has 0 aromatic heterocycles. The van der Waals surface area contributed by atoms with Crippen molar-refractivity contribution in [1.82, 2.24) is 4.31 Å². The maximum Gasteiger partial charge on any atom is 0.282 e. The van der Waals surface area contributed by atoms with Crippen molar-refractivity contribution in [1.29, 1.82) is 0 Å². The molecule has 2 aromatic rings. The fraction of sp³-hybridized carbons (Fsp3) is 0.435. The van der Waals surface area contributed by atoms with Crippen molar-refractivity contribution in [3.8, 4) is 0 Å². The zero-order valence-corrected chi connectivity index (χ0v) is 18.2. The standard InChI is InChI=1S/C23H29N3O3S/c1-17(24-22-10-6-8-18-7-2-3-9-21(18)22)23(27)25-19-11-13-20(14-12-19)30(28,29)26-15-4-5-16-26/h2-3,7,9,11-14,17,22,24H,4-6,8,10,15-16H2,1H3,(H,25,27)/p+1/t17-,22-/m0/s1. The predicted molar refractivity (Wildman–Crippen MR) is 117 cm³/mol. The van der Waals surface area contributed by atoms with Gasteiger partial charge in [-0.25, -0.2) is 8.42 Å². The third-order valence-corrected chi connectivity index (χ3v) is 8.09. The second-order valence-corrected chi connectivity index (χ2v) is 10.2. The smallest absolute Gasteiger partial charge is 0.282 e. The van der Waals surface area contributed by atoms with Crippen molar-refractivity contribution >= 4 is 21.6 Å². The number of benzene rings is 2. The molecule has 1 fully saturated rings. The summed E-state index contributed by atoms with van der Waals surface area (Å²) in [4.78, 5) is 13.0. The lowest BCUT2D eigenvalue weighted by Gasteiger charge is -2.26. The van der Waals surface area contributed by atoms with Gasteiger partial charge in [-0.05, 0) is 62.4 Å². The Labute approximate surface area is 178 Å². The van der Waals surface area contributed by atoms with E-state index in [1.54, 1.807) is 24.3 Å². The second-order valence-electron chi connectivity index (χ2n) is 8.30. The number of sulfonamides is 1. The Hall–Kier alpha value is -2.22. The summed E-state index contributed by atoms with van der Waals surface area (Å²) in [6, 6.07) is 15.0. The summed E-state index contributed by atoms with van der Waals surface area (Å²) in [6.07, 6.45) is 5.13. The van der Waals surface area contributed by atoms with Gasteiger partial charge in [0.15, 0.2) is 6.04 Å². The molecule has 1 aliphatic heterocycles. The minimum atomic E-state index is -3.43. The lowest BCUT2D eigenvalue weighted by molar-refractivity contribution is -0.714. The number of carbonyl (C=O) groups is 1. The predicted octanol–water partition coefficient (Wildman–Crippen LogP) is 2.44. The largest absolute Gasteiger partial charge is 0.330 e. The highest BCUT2D eigenvalue weighted by molar-refractivity contribution is 7.89. The van der Waals surface area contributed by atoms with E-state index in [9.17, 15) is 13.2 Å². The minimum Gasteiger partial charge on any atom is -0.330 e. The number of fused-ring (bicyclic) bond motifs is 1. The Morgan fingerprint density at radius 2 is 1.77 bits per heavy atom. The number of amides is 1. The topological polar surface area (TPSA) is 83.1 Å². The monoisotopic (exact) mass is 428 g/mol. The third kappa shape index (κ3) is 4.43. The molecule has 1 aliphatic carbocycles. The Balaban J connectivity index is 1.38. The number of quaternary nitrogens is 1. The molecule has 30 heavy (non-hydrogen) atoms. The molecule has 0 radical (unpaired) electrons. The molecule has 0 bridgehead atoms. The summed E-state index contributed by atoms with van der Waals surface area (Å²) < 4.78 is 26.8. The Morgan fingerprint density at radius 3 is 2.50 bits per heavy atom. The van der Waals surface area contributed by atoms with Crippen LogP contribution in [0, 0.1) is 0 Å². The molecule has 2 aromatic carbocycles. The fourth-order valence-corrected chi connectivity index (χ4v) is 5.99. The Bertz CT molecular complexity index is 999. The number of carbonyl (C=O) groups excluding carboxylic acids is 1. The number of anilines is 1. The molecular formula is C23H30N3O3S+. The SMILES string of the molecule is C[C@H]([NH2+][C@H]1CCCc2ccccc21)C(=O)Nc1ccc(S(=O)(=O)N2CCCC2)cc1. The van der Waals surface area contributed by atoms with E-state index in [2.05, 4.69) is 34.9 Å². The van der Waals surface area contributed by atoms with Crippen LogP contribution in [-0.4, -0.2) is 37.8 Å². The van der Waals surface area contributed by atoms with Crippen molar-refractivity contribution in [2.45, 2.75) is 56.0 Å². The van der Waals surface area contributed by atoms with E-state index in [-0.39, 0.29) is 16.8 Å². The number of nitrogens with zero attached hydrogens (tertiary/aromatic N) is 1. The second kappa shape index (κ2) is 8.88. The Morgan fingerprint density at radius 1 is 1.07 bits per heavy atom. The van der Waals surface area contributed by atoms with E-state index in [1.807, 2.05) is 6.92 Å². The number of hydrogen-bond acceptors (Lipinski definition) is 3. The molecule has 1 amide bonds. The van der Waals surface area contributed by atoms with Gasteiger partial charge >= 0.3 is 0 Å². The van der Waals surface area contributed by atoms with E-state index in [0.717, 1.165) is 32.1 Å². The number of hydrogen-bond donors (Lipinski definition) is 2. The molecule has 1 saturated heterocycles. The van der Waals surface area contributed by atoms with Crippen molar-refractivity contribution in [2.75, 3.05) is 18.4 Å². The highest BCUT2D eigenvalue weighted by Crippen LogP contribution is 2.27. The van der Waals surface area contributed by atoms with Gasteiger partial charge in [0.05, 0.1) is 4.90 Å². The van der Waals surface area contributed by atoms with Crippen molar-refractivity contribution < 1.29 is 18.5 Å². The van der Waals surface area contributed by atoms with Crippen LogP contribution in [0.25, 0.3) is 0 Å². The van der Waals surface area contributed by atoms with E-state index < -0.39 is 10.0 Å². The van der Waals surface area contributed by atoms with Gasteiger partial charge in [0, 0.05) is 30.8 Å². The van der Waals surface area contributed by atoms with Crippen LogP contribution in [0.2, 0.25) is 0 Å². The van der Waals surface area contributed by atoms with E-state index >= 15 is 0 Å². The molecule has 3 N–H and O–H groups in total. The maximum absolute atomic E-state index is 12.7. The zero-order chi connectivity index (χ0) is 21.1. The molecule has 6 nitrogen and oxygen atoms in total. The first-order chi connectivity index (χ1) is 14.4. The average molecular weight is 429 g/mol. The molecule has 7 heteroatoms. The van der Waals surface area contributed by atoms with Crippen LogP contribution in [0.1, 0.15) is 49.8 Å². The summed E-state index contributed by atoms with van der Waals surface area (Å²) in [5.41, 5.74) is 3.33. The van der Waals surface area contributed by atoms with Gasteiger partial charge in [-0.3, -0.25) is 4.79 Å². The lowest BCUT2D eigenvalue weighted by Crippen LogP contribution is -2.92. The number of nitrogens with one attached hydrogen (secondary N) is 1. The number of aryl methyl sites for hydroxylation is 1. The maximum atomic E-state index is 12.7. The van der Waals surface area contributed by atoms with Gasteiger partial charge in [-0.2, -0.15) is 4.31 Å². The molecular weight excluding hydrogens is 398 g/mol. The van der Waals surface area contributed by atoms with E-state index in [1.165, 1.54) is 15.4 Å². The van der Waals surface area contributed by atoms with Gasteiger partial charge in [0.25, 0.3) is 5.91 Å². The van der Waals surface area contributed by atoms with E-state index in [4.69, 9.17) is 0 Å². The molecule has 1 heterocycles. The summed E-state index contributed by atoms with van der Waals surface area (Å²) in [6.45, 7) is 3.08. The fourth-order valence-electron chi connectivity index (χ4n) is 4.47. The van der Waals surface area contributed by atoms with Crippen molar-refractivity contribution in [3.05, 3.63) is 59.7 Å². The highest BCUT2D eigenvalue weighted by atomic mass is 32.2. The lowest BCUT2D eigenvalue weighted by atomic mass is 9.87. The summed E-state index contributed by atoms with van der Waals surface area (Å²) in [5, 5.41) is 5.06. The molecule has 0 spiro atoms. The van der Waals surface area contributed by atoms with Gasteiger partial charge < -0.3 is 10.6 Å². The average Bonchev–Trinajstić information content (AvgIpc) is 3.30. The molecule has 0 unspecified atom stereocenters. The first-order valence-electron chi connectivity index (χ1n) is 10.8. The van der Waals surface area contributed by atoms with Gasteiger partial charge in [0.2, 0.25) is 10.0 Å². The minimum absolute atomic E-state index is 0.0757. The number of nitrogens with two attached hydrogens (primary N) is 1. The van der Waals surface area contributed by atoms with Gasteiger partial charge in [-0.15, -0.1) is 0 Å². The summed E-state index contributed by atoms with van der Waals surface area (Å²) in [7, 11) is -3.43. The van der Waals surface area contributed by atoms with Crippen LogP contribution in [0.15, 0.2) is 53.4 Å². The first kappa shape index (κ1) is 21.0. The molecule has 160 valence electrons. The van der Waals surface area contributed by atoms with Crippen molar-refractivity contribution in [2.24, 2.45) is 0 Å². The molecule has 2 atom stereocenters. The molecule has 2 aliphatic rings. The van der Waals surface area contributed by atoms with Crippen LogP contribution >= 0.6 is 0 Å². The van der Waals surface area contributed by atoms with Crippen LogP contribution in [-0.2, 0) is 21.2 Å². The van der Waals surface area contributed by atoms with Crippen LogP contribution in [0.3, 0.4) is 0 Å². The van der Waals surface area contributed by atoms with Crippen LogP contribution in [0.4, 0.5) is 5.69 Å². The molecule has 4 rings (SSSR count). The normalized spacial score (nSPS) is 20.5. The first-order valence-corrected chi connectivity index (χ1v) is 12.2. The van der Waals surface area contributed by atoms with Crippen LogP contribution < -0.4 is 10.6 Å².